The monoisotopic (exact) mass is 325 g/mol. The first-order valence-electron chi connectivity index (χ1n) is 5.79. The van der Waals surface area contributed by atoms with Crippen LogP contribution < -0.4 is 10.5 Å². The van der Waals surface area contributed by atoms with E-state index in [-0.39, 0.29) is 12.1 Å². The highest BCUT2D eigenvalue weighted by molar-refractivity contribution is 9.10. The molecule has 2 N–H and O–H groups in total. The van der Waals surface area contributed by atoms with Crippen molar-refractivity contribution in [3.8, 4) is 5.75 Å². The Balaban J connectivity index is 2.21. The molecule has 96 valence electrons. The zero-order chi connectivity index (χ0) is 13.1. The maximum atomic E-state index is 6.02. The van der Waals surface area contributed by atoms with Gasteiger partial charge < -0.3 is 10.5 Å². The molecule has 0 aliphatic heterocycles. The summed E-state index contributed by atoms with van der Waals surface area (Å²) >= 11 is 5.16. The smallest absolute Gasteiger partial charge is 0.148 e. The summed E-state index contributed by atoms with van der Waals surface area (Å²) in [6.07, 6.45) is -0.0921. The number of ether oxygens (including phenoxy) is 1. The molecule has 0 amide bonds. The molecule has 1 aromatic carbocycles. The van der Waals surface area contributed by atoms with E-state index in [1.807, 2.05) is 43.5 Å². The number of hydrogen-bond acceptors (Lipinski definition) is 3. The van der Waals surface area contributed by atoms with Crippen molar-refractivity contribution in [2.75, 3.05) is 0 Å². The summed E-state index contributed by atoms with van der Waals surface area (Å²) < 4.78 is 7.11. The predicted octanol–water partition coefficient (Wildman–Crippen LogP) is 4.29. The van der Waals surface area contributed by atoms with Gasteiger partial charge >= 0.3 is 0 Å². The molecule has 0 radical (unpaired) electrons. The second-order valence-corrected chi connectivity index (χ2v) is 6.16. The first-order chi connectivity index (χ1) is 8.58. The summed E-state index contributed by atoms with van der Waals surface area (Å²) in [5, 5.41) is 2.04. The lowest BCUT2D eigenvalue weighted by atomic mass is 10.1. The van der Waals surface area contributed by atoms with E-state index >= 15 is 0 Å². The van der Waals surface area contributed by atoms with Gasteiger partial charge in [-0.25, -0.2) is 0 Å². The third kappa shape index (κ3) is 3.13. The van der Waals surface area contributed by atoms with E-state index in [0.717, 1.165) is 20.7 Å². The first-order valence-corrected chi connectivity index (χ1v) is 7.47. The normalized spacial score (nSPS) is 14.2. The van der Waals surface area contributed by atoms with Gasteiger partial charge in [0.2, 0.25) is 0 Å². The van der Waals surface area contributed by atoms with Crippen molar-refractivity contribution < 1.29 is 4.74 Å². The molecule has 0 saturated carbocycles. The maximum Gasteiger partial charge on any atom is 0.148 e. The van der Waals surface area contributed by atoms with Gasteiger partial charge in [-0.05, 0) is 49.1 Å². The van der Waals surface area contributed by atoms with E-state index in [1.165, 1.54) is 0 Å². The van der Waals surface area contributed by atoms with E-state index in [9.17, 15) is 0 Å². The number of benzene rings is 1. The lowest BCUT2D eigenvalue weighted by Crippen LogP contribution is -2.28. The third-order valence-corrected chi connectivity index (χ3v) is 4.52. The highest BCUT2D eigenvalue weighted by atomic mass is 79.9. The molecule has 1 aromatic heterocycles. The van der Waals surface area contributed by atoms with E-state index in [2.05, 4.69) is 22.0 Å². The Kier molecular flexibility index (Phi) is 4.43. The molecule has 0 aliphatic carbocycles. The number of halogens is 1. The second-order valence-electron chi connectivity index (χ2n) is 4.32. The molecule has 0 spiro atoms. The minimum atomic E-state index is -0.0921. The van der Waals surface area contributed by atoms with E-state index in [0.29, 0.717) is 0 Å². The van der Waals surface area contributed by atoms with Crippen LogP contribution in [0.1, 0.15) is 23.5 Å². The molecule has 2 unspecified atom stereocenters. The summed E-state index contributed by atoms with van der Waals surface area (Å²) in [7, 11) is 0. The van der Waals surface area contributed by atoms with E-state index in [1.54, 1.807) is 11.3 Å². The van der Waals surface area contributed by atoms with Gasteiger partial charge in [-0.3, -0.25) is 0 Å². The molecule has 0 bridgehead atoms. The second kappa shape index (κ2) is 5.87. The Hall–Kier alpha value is -0.840. The number of rotatable bonds is 4. The van der Waals surface area contributed by atoms with Crippen molar-refractivity contribution in [1.82, 2.24) is 0 Å². The van der Waals surface area contributed by atoms with Crippen LogP contribution in [0.5, 0.6) is 5.75 Å². The summed E-state index contributed by atoms with van der Waals surface area (Å²) in [5.74, 6) is 0.853. The number of thiophene rings is 1. The average Bonchev–Trinajstić information content (AvgIpc) is 2.83. The Morgan fingerprint density at radius 1 is 1.33 bits per heavy atom. The lowest BCUT2D eigenvalue weighted by molar-refractivity contribution is 0.184. The number of aryl methyl sites for hydroxylation is 1. The van der Waals surface area contributed by atoms with Crippen molar-refractivity contribution >= 4 is 27.3 Å². The standard InChI is InChI=1S/C14H16BrNOS/c1-9-8-11(5-6-12(9)15)17-14(10(2)16)13-4-3-7-18-13/h3-8,10,14H,16H2,1-2H3. The van der Waals surface area contributed by atoms with Crippen LogP contribution in [0, 0.1) is 6.92 Å². The minimum Gasteiger partial charge on any atom is -0.483 e. The Bertz CT molecular complexity index is 511. The van der Waals surface area contributed by atoms with Crippen molar-refractivity contribution in [3.05, 3.63) is 50.6 Å². The lowest BCUT2D eigenvalue weighted by Gasteiger charge is -2.21. The largest absolute Gasteiger partial charge is 0.483 e. The maximum absolute atomic E-state index is 6.02. The molecule has 1 heterocycles. The van der Waals surface area contributed by atoms with Gasteiger partial charge in [0.05, 0.1) is 0 Å². The molecule has 0 saturated heterocycles. The van der Waals surface area contributed by atoms with Crippen LogP contribution >= 0.6 is 27.3 Å². The molecule has 4 heteroatoms. The minimum absolute atomic E-state index is 0.0485. The van der Waals surface area contributed by atoms with Crippen LogP contribution in [-0.2, 0) is 0 Å². The van der Waals surface area contributed by atoms with Crippen molar-refractivity contribution in [2.24, 2.45) is 5.73 Å². The van der Waals surface area contributed by atoms with Crippen LogP contribution in [-0.4, -0.2) is 6.04 Å². The Morgan fingerprint density at radius 3 is 2.67 bits per heavy atom. The van der Waals surface area contributed by atoms with Gasteiger partial charge in [-0.15, -0.1) is 11.3 Å². The summed E-state index contributed by atoms with van der Waals surface area (Å²) in [6.45, 7) is 4.01. The summed E-state index contributed by atoms with van der Waals surface area (Å²) in [6, 6.07) is 10.0. The first kappa shape index (κ1) is 13.6. The third-order valence-electron chi connectivity index (χ3n) is 2.69. The van der Waals surface area contributed by atoms with Crippen molar-refractivity contribution in [2.45, 2.75) is 26.0 Å². The molecule has 0 aliphatic rings. The van der Waals surface area contributed by atoms with Crippen LogP contribution in [0.2, 0.25) is 0 Å². The van der Waals surface area contributed by atoms with Crippen LogP contribution in [0.4, 0.5) is 0 Å². The van der Waals surface area contributed by atoms with Gasteiger partial charge in [-0.2, -0.15) is 0 Å². The molecule has 18 heavy (non-hydrogen) atoms. The van der Waals surface area contributed by atoms with Gasteiger partial charge in [0.15, 0.2) is 0 Å². The van der Waals surface area contributed by atoms with Gasteiger partial charge in [0.25, 0.3) is 0 Å². The van der Waals surface area contributed by atoms with Crippen molar-refractivity contribution in [3.63, 3.8) is 0 Å². The van der Waals surface area contributed by atoms with E-state index in [4.69, 9.17) is 10.5 Å². The molecule has 2 nitrogen and oxygen atoms in total. The van der Waals surface area contributed by atoms with E-state index < -0.39 is 0 Å². The molecule has 2 atom stereocenters. The Labute approximate surface area is 120 Å². The van der Waals surface area contributed by atoms with Crippen LogP contribution in [0.15, 0.2) is 40.2 Å². The fourth-order valence-electron chi connectivity index (χ4n) is 1.71. The summed E-state index contributed by atoms with van der Waals surface area (Å²) in [5.41, 5.74) is 7.17. The SMILES string of the molecule is Cc1cc(OC(c2cccs2)C(C)N)ccc1Br. The topological polar surface area (TPSA) is 35.2 Å². The van der Waals surface area contributed by atoms with Gasteiger partial charge in [-0.1, -0.05) is 22.0 Å². The predicted molar refractivity (Wildman–Crippen MR) is 80.2 cm³/mol. The zero-order valence-electron chi connectivity index (χ0n) is 10.4. The fourth-order valence-corrected chi connectivity index (χ4v) is 2.83. The number of hydrogen-bond donors (Lipinski definition) is 1. The average molecular weight is 326 g/mol. The van der Waals surface area contributed by atoms with Gasteiger partial charge in [0, 0.05) is 15.4 Å². The van der Waals surface area contributed by atoms with Gasteiger partial charge in [0.1, 0.15) is 11.9 Å². The van der Waals surface area contributed by atoms with Crippen LogP contribution in [0.25, 0.3) is 0 Å². The quantitative estimate of drug-likeness (QED) is 0.910. The molecule has 2 rings (SSSR count). The molecule has 2 aromatic rings. The fraction of sp³-hybridized carbons (Fsp3) is 0.286. The van der Waals surface area contributed by atoms with Crippen molar-refractivity contribution in [1.29, 1.82) is 0 Å². The zero-order valence-corrected chi connectivity index (χ0v) is 12.8. The molecular weight excluding hydrogens is 310 g/mol. The van der Waals surface area contributed by atoms with Crippen LogP contribution in [0.3, 0.4) is 0 Å². The highest BCUT2D eigenvalue weighted by Crippen LogP contribution is 2.29. The highest BCUT2D eigenvalue weighted by Gasteiger charge is 2.19. The number of nitrogens with two attached hydrogens (primary N) is 1. The summed E-state index contributed by atoms with van der Waals surface area (Å²) in [4.78, 5) is 1.16. The molecular formula is C14H16BrNOS. The Morgan fingerprint density at radius 2 is 2.11 bits per heavy atom. The molecule has 0 fully saturated rings.